The number of alkyl halides is 1. The maximum Gasteiger partial charge on any atom is 0.386 e. The third-order valence-electron chi connectivity index (χ3n) is 9.28. The van der Waals surface area contributed by atoms with Gasteiger partial charge in [-0.15, -0.1) is 0 Å². The summed E-state index contributed by atoms with van der Waals surface area (Å²) >= 11 is 8.34. The second-order valence-corrected chi connectivity index (χ2v) is 18.5. The Hall–Kier alpha value is -2.95. The van der Waals surface area contributed by atoms with Crippen LogP contribution in [-0.2, 0) is 54.5 Å². The Morgan fingerprint density at radius 3 is 2.66 bits per heavy atom. The number of aliphatic hydroxyl groups excluding tert-OH is 1. The third kappa shape index (κ3) is 7.29. The van der Waals surface area contributed by atoms with Gasteiger partial charge in [0.1, 0.15) is 49.0 Å². The first-order chi connectivity index (χ1) is 25.4. The molecule has 0 saturated carbocycles. The maximum absolute atomic E-state index is 16.4. The lowest BCUT2D eigenvalue weighted by Crippen LogP contribution is -2.33. The van der Waals surface area contributed by atoms with Crippen LogP contribution in [0.3, 0.4) is 0 Å². The molecule has 4 aromatic heterocycles. The molecule has 286 valence electrons. The Morgan fingerprint density at radius 1 is 1.02 bits per heavy atom. The van der Waals surface area contributed by atoms with E-state index in [4.69, 9.17) is 32.7 Å². The molecule has 0 aliphatic carbocycles. The Bertz CT molecular complexity index is 2210. The Morgan fingerprint density at radius 2 is 1.83 bits per heavy atom. The zero-order valence-corrected chi connectivity index (χ0v) is 31.1. The van der Waals surface area contributed by atoms with E-state index < -0.39 is 81.3 Å². The van der Waals surface area contributed by atoms with Crippen LogP contribution in [-0.4, -0.2) is 108 Å². The van der Waals surface area contributed by atoms with Gasteiger partial charge in [0, 0.05) is 32.3 Å². The SMILES string of the molecule is O=C(CO)NCCn1cnc2c(ncn2[C@@H]2O[C@@H]3COP(=O)(S)O[C@H]4[C@@H](F)[C@H](n5cc6c7c(ncnc75)NCCC6)O[C@@H]4COP(=O)(S)O[C@@H]2C3)c1=O. The van der Waals surface area contributed by atoms with Crippen LogP contribution in [0.15, 0.2) is 30.0 Å². The smallest absolute Gasteiger partial charge is 0.386 e. The molecule has 4 aliphatic heterocycles. The molecule has 3 saturated heterocycles. The summed E-state index contributed by atoms with van der Waals surface area (Å²) in [6, 6.07) is 0. The lowest BCUT2D eigenvalue weighted by atomic mass is 10.1. The van der Waals surface area contributed by atoms with Crippen LogP contribution < -0.4 is 16.2 Å². The van der Waals surface area contributed by atoms with Crippen LogP contribution >= 0.6 is 38.1 Å². The molecule has 4 aliphatic rings. The van der Waals surface area contributed by atoms with Crippen LogP contribution in [0.1, 0.15) is 30.9 Å². The van der Waals surface area contributed by atoms with E-state index >= 15 is 4.39 Å². The molecule has 3 fully saturated rings. The highest BCUT2D eigenvalue weighted by Crippen LogP contribution is 2.60. The summed E-state index contributed by atoms with van der Waals surface area (Å²) < 4.78 is 83.1. The van der Waals surface area contributed by atoms with E-state index in [-0.39, 0.29) is 37.3 Å². The van der Waals surface area contributed by atoms with E-state index in [0.29, 0.717) is 24.4 Å². The van der Waals surface area contributed by atoms with Gasteiger partial charge in [0.15, 0.2) is 29.8 Å². The van der Waals surface area contributed by atoms with Crippen LogP contribution in [0.4, 0.5) is 10.2 Å². The van der Waals surface area contributed by atoms with E-state index in [1.165, 1.54) is 32.7 Å². The van der Waals surface area contributed by atoms with Crippen LogP contribution in [0, 0.1) is 0 Å². The predicted octanol–water partition coefficient (Wildman–Crippen LogP) is 1.92. The van der Waals surface area contributed by atoms with Crippen molar-refractivity contribution in [2.24, 2.45) is 0 Å². The number of fused-ring (bicyclic) bond motifs is 4. The number of imidazole rings is 1. The van der Waals surface area contributed by atoms with Crippen LogP contribution in [0.2, 0.25) is 0 Å². The minimum absolute atomic E-state index is 0.0204. The molecule has 0 spiro atoms. The normalized spacial score (nSPS) is 33.4. The number of aliphatic hydroxyl groups is 1. The van der Waals surface area contributed by atoms with Crippen molar-refractivity contribution >= 4 is 72.0 Å². The number of thiol groups is 2. The van der Waals surface area contributed by atoms with Crippen LogP contribution in [0.25, 0.3) is 22.2 Å². The molecule has 8 heterocycles. The van der Waals surface area contributed by atoms with Gasteiger partial charge in [-0.05, 0) is 18.4 Å². The van der Waals surface area contributed by atoms with Gasteiger partial charge < -0.3 is 29.8 Å². The van der Waals surface area contributed by atoms with Crippen molar-refractivity contribution in [1.82, 2.24) is 39.0 Å². The van der Waals surface area contributed by atoms with Crippen molar-refractivity contribution in [1.29, 1.82) is 0 Å². The zero-order chi connectivity index (χ0) is 37.1. The van der Waals surface area contributed by atoms with Gasteiger partial charge in [-0.25, -0.2) is 33.5 Å². The number of hydrogen-bond acceptors (Lipinski definition) is 16. The standard InChI is InChI=1S/C28H34FN9O11P2S2/c29-20-22-17(47-28(20)37-7-14-2-1-3-31-23-19(14)24(37)33-11-32-23)10-45-50(42,52)48-16-6-15(9-44-51(43,53)49-22)46-27(16)38-13-34-21-25(38)35-12-36(26(21)41)5-4-30-18(40)8-39/h7,11-13,15-17,20,22,27-28,39H,1-6,8-10H2,(H,30,40)(H,42,52)(H,43,53)(H,31,32,33)/t15-,16+,17+,20+,22+,27+,28+,50?,51?/m0/s1. The number of amides is 1. The van der Waals surface area contributed by atoms with Gasteiger partial charge >= 0.3 is 13.6 Å². The highest BCUT2D eigenvalue weighted by Gasteiger charge is 2.52. The predicted molar refractivity (Wildman–Crippen MR) is 188 cm³/mol. The first-order valence-electron chi connectivity index (χ1n) is 16.6. The Labute approximate surface area is 309 Å². The first-order valence-corrected chi connectivity index (χ1v) is 21.9. The minimum Gasteiger partial charge on any atom is -0.387 e. The topological polar surface area (TPSA) is 234 Å². The average Bonchev–Trinajstić information content (AvgIpc) is 3.86. The molecule has 3 N–H and O–H groups in total. The van der Waals surface area contributed by atoms with Gasteiger partial charge in [-0.3, -0.25) is 36.8 Å². The summed E-state index contributed by atoms with van der Waals surface area (Å²) in [4.78, 5) is 41.8. The number of aryl methyl sites for hydroxylation is 1. The summed E-state index contributed by atoms with van der Waals surface area (Å²) in [6.07, 6.45) is -1.88. The molecular weight excluding hydrogens is 783 g/mol. The van der Waals surface area contributed by atoms with Gasteiger partial charge in [0.2, 0.25) is 5.91 Å². The third-order valence-corrected chi connectivity index (χ3v) is 12.5. The number of ether oxygens (including phenoxy) is 2. The van der Waals surface area contributed by atoms with Crippen LogP contribution in [0.5, 0.6) is 0 Å². The maximum atomic E-state index is 16.4. The molecule has 25 heteroatoms. The summed E-state index contributed by atoms with van der Waals surface area (Å²) in [5, 5.41) is 15.3. The zero-order valence-electron chi connectivity index (χ0n) is 27.5. The molecule has 20 nitrogen and oxygen atoms in total. The van der Waals surface area contributed by atoms with Crippen molar-refractivity contribution in [2.75, 3.05) is 38.2 Å². The number of aromatic nitrogens is 7. The fourth-order valence-electron chi connectivity index (χ4n) is 6.90. The molecule has 2 unspecified atom stereocenters. The number of nitrogens with zero attached hydrogens (tertiary/aromatic N) is 7. The lowest BCUT2D eigenvalue weighted by Gasteiger charge is -2.26. The largest absolute Gasteiger partial charge is 0.387 e. The van der Waals surface area contributed by atoms with Gasteiger partial charge in [0.05, 0.1) is 31.0 Å². The summed E-state index contributed by atoms with van der Waals surface area (Å²) in [7, 11) is 0. The fourth-order valence-corrected chi connectivity index (χ4v) is 9.89. The number of halogens is 1. The lowest BCUT2D eigenvalue weighted by molar-refractivity contribution is -0.123. The van der Waals surface area contributed by atoms with Gasteiger partial charge in [0.25, 0.3) is 5.56 Å². The monoisotopic (exact) mass is 817 g/mol. The highest BCUT2D eigenvalue weighted by atomic mass is 32.7. The summed E-state index contributed by atoms with van der Waals surface area (Å²) in [6.45, 7) is -9.33. The van der Waals surface area contributed by atoms with E-state index in [1.54, 1.807) is 6.20 Å². The minimum atomic E-state index is -4.29. The Balaban J connectivity index is 1.04. The second-order valence-electron chi connectivity index (χ2n) is 12.7. The number of anilines is 1. The molecular formula is C28H34FN9O11P2S2. The van der Waals surface area contributed by atoms with Crippen molar-refractivity contribution in [3.8, 4) is 0 Å². The quantitative estimate of drug-likeness (QED) is 0.138. The van der Waals surface area contributed by atoms with E-state index in [9.17, 15) is 18.7 Å². The fraction of sp³-hybridized carbons (Fsp3) is 0.571. The summed E-state index contributed by atoms with van der Waals surface area (Å²) in [5.41, 5.74) is 0.866. The molecule has 0 radical (unpaired) electrons. The molecule has 2 bridgehead atoms. The van der Waals surface area contributed by atoms with E-state index in [0.717, 1.165) is 17.4 Å². The molecule has 4 aromatic rings. The first kappa shape index (κ1) is 37.0. The molecule has 8 rings (SSSR count). The number of nitrogens with one attached hydrogen (secondary N) is 2. The van der Waals surface area contributed by atoms with E-state index in [1.807, 2.05) is 0 Å². The molecule has 9 atom stereocenters. The number of carbonyl (C=O) groups is 1. The molecule has 1 amide bonds. The average molecular weight is 818 g/mol. The molecule has 0 aromatic carbocycles. The van der Waals surface area contributed by atoms with Crippen molar-refractivity contribution < 1.29 is 51.0 Å². The number of carbonyl (C=O) groups excluding carboxylic acids is 1. The van der Waals surface area contributed by atoms with E-state index in [2.05, 4.69) is 55.1 Å². The highest BCUT2D eigenvalue weighted by molar-refractivity contribution is 8.44. The van der Waals surface area contributed by atoms with Crippen molar-refractivity contribution in [3.05, 3.63) is 41.1 Å². The van der Waals surface area contributed by atoms with Crippen molar-refractivity contribution in [3.63, 3.8) is 0 Å². The number of rotatable bonds is 6. The van der Waals surface area contributed by atoms with Gasteiger partial charge in [-0.1, -0.05) is 24.5 Å². The number of hydrogen-bond donors (Lipinski definition) is 5. The van der Waals surface area contributed by atoms with Crippen molar-refractivity contribution in [2.45, 2.75) is 68.9 Å². The summed E-state index contributed by atoms with van der Waals surface area (Å²) in [5.74, 6) is 0.0200. The second kappa shape index (κ2) is 14.6. The molecule has 53 heavy (non-hydrogen) atoms. The van der Waals surface area contributed by atoms with Gasteiger partial charge in [-0.2, -0.15) is 0 Å². The Kier molecular flexibility index (Phi) is 10.2.